The summed E-state index contributed by atoms with van der Waals surface area (Å²) in [4.78, 5) is 5.06. The number of fused-ring (bicyclic) bond motifs is 13. The maximum atomic E-state index is 2.55. The molecule has 0 heterocycles. The van der Waals surface area contributed by atoms with Crippen LogP contribution in [0.4, 0.5) is 34.1 Å². The summed E-state index contributed by atoms with van der Waals surface area (Å²) in [6.45, 7) is 26.5. The summed E-state index contributed by atoms with van der Waals surface area (Å²) < 4.78 is 0. The molecule has 0 saturated heterocycles. The van der Waals surface area contributed by atoms with Crippen LogP contribution in [-0.2, 0) is 32.5 Å². The minimum absolute atomic E-state index is 0.0940. The van der Waals surface area contributed by atoms with E-state index in [1.165, 1.54) is 134 Å². The van der Waals surface area contributed by atoms with E-state index in [1.54, 1.807) is 0 Å². The number of rotatable bonds is 7. The fraction of sp³-hybridized carbons (Fsp3) is 0.231. The Kier molecular flexibility index (Phi) is 10.1. The summed E-state index contributed by atoms with van der Waals surface area (Å²) in [5, 5.41) is 0. The zero-order chi connectivity index (χ0) is 55.0. The van der Waals surface area contributed by atoms with Crippen molar-refractivity contribution in [1.29, 1.82) is 0 Å². The molecular formula is C78H70N2. The molecule has 392 valence electrons. The molecule has 10 aromatic carbocycles. The maximum absolute atomic E-state index is 2.55. The zero-order valence-corrected chi connectivity index (χ0v) is 48.3. The normalized spacial score (nSPS) is 18.7. The third kappa shape index (κ3) is 6.66. The lowest BCUT2D eigenvalue weighted by Crippen LogP contribution is -2.23. The van der Waals surface area contributed by atoms with E-state index in [0.717, 1.165) is 12.1 Å². The van der Waals surface area contributed by atoms with Crippen LogP contribution in [-0.4, -0.2) is 0 Å². The molecule has 0 spiro atoms. The quantitative estimate of drug-likeness (QED) is 0.157. The molecule has 0 aliphatic heterocycles. The van der Waals surface area contributed by atoms with Crippen molar-refractivity contribution in [3.8, 4) is 44.5 Å². The Hall–Kier alpha value is -8.20. The first-order valence-corrected chi connectivity index (χ1v) is 29.1. The predicted octanol–water partition coefficient (Wildman–Crippen LogP) is 20.8. The molecule has 0 fully saturated rings. The van der Waals surface area contributed by atoms with Gasteiger partial charge in [0.15, 0.2) is 0 Å². The van der Waals surface area contributed by atoms with Crippen molar-refractivity contribution >= 4 is 34.1 Å². The van der Waals surface area contributed by atoms with E-state index >= 15 is 0 Å². The van der Waals surface area contributed by atoms with E-state index in [-0.39, 0.29) is 32.5 Å². The summed E-state index contributed by atoms with van der Waals surface area (Å²) in [5.74, 6) is 0. The van der Waals surface area contributed by atoms with Gasteiger partial charge in [0.05, 0.1) is 0 Å². The smallest absolute Gasteiger partial charge is 0.0465 e. The Morgan fingerprint density at radius 1 is 0.237 bits per heavy atom. The van der Waals surface area contributed by atoms with Gasteiger partial charge < -0.3 is 9.80 Å². The molecule has 0 aromatic heterocycles. The molecule has 1 atom stereocenters. The second kappa shape index (κ2) is 16.5. The standard InChI is InChI=1S/C78H70N2/c1-73(2)47-78(11,48-28-30-49(31-29-48)79(50-32-37-59-55-20-12-16-24-63(55)74(3,4)68(59)42-50)51-33-38-60-56-21-13-17-25-64(56)75(5,6)69(60)43-51)67-41-36-54(46-72(67)73)80(52-34-39-61-57-22-14-18-26-65(57)76(7,8)70(61)44-52)53-35-40-62-58-23-15-19-27-66(58)77(9,10)71(62)45-53/h12-46H,47H2,1-11H3. The first kappa shape index (κ1) is 48.9. The fourth-order valence-corrected chi connectivity index (χ4v) is 16.2. The molecule has 0 radical (unpaired) electrons. The van der Waals surface area contributed by atoms with Gasteiger partial charge in [-0.2, -0.15) is 0 Å². The van der Waals surface area contributed by atoms with Gasteiger partial charge in [0, 0.05) is 61.2 Å². The van der Waals surface area contributed by atoms with Crippen molar-refractivity contribution in [3.05, 3.63) is 274 Å². The average Bonchev–Trinajstić information content (AvgIpc) is 3.81. The minimum Gasteiger partial charge on any atom is -0.310 e. The van der Waals surface area contributed by atoms with Crippen molar-refractivity contribution < 1.29 is 0 Å². The third-order valence-corrected chi connectivity index (χ3v) is 20.4. The Bertz CT molecular complexity index is 4060. The number of anilines is 6. The van der Waals surface area contributed by atoms with Crippen LogP contribution in [0.3, 0.4) is 0 Å². The summed E-state index contributed by atoms with van der Waals surface area (Å²) >= 11 is 0. The highest BCUT2D eigenvalue weighted by Crippen LogP contribution is 2.58. The molecule has 10 aromatic rings. The number of hydrogen-bond donors (Lipinski definition) is 0. The van der Waals surface area contributed by atoms with E-state index in [2.05, 4.69) is 298 Å². The Labute approximate surface area is 474 Å². The first-order valence-electron chi connectivity index (χ1n) is 29.1. The van der Waals surface area contributed by atoms with Gasteiger partial charge in [-0.3, -0.25) is 0 Å². The van der Waals surface area contributed by atoms with Gasteiger partial charge in [-0.1, -0.05) is 216 Å². The SMILES string of the molecule is CC1(C)CC(C)(c2ccc(N(c3ccc4c(c3)C(C)(C)c3ccccc3-4)c3ccc4c(c3)C(C)(C)c3ccccc3-4)cc2)c2ccc(N(c3ccc4c(c3)C(C)(C)c3ccccc3-4)c3ccc4c(c3)C(C)(C)c3ccccc3-4)cc21. The molecule has 0 saturated carbocycles. The van der Waals surface area contributed by atoms with Gasteiger partial charge in [0.1, 0.15) is 0 Å². The van der Waals surface area contributed by atoms with Gasteiger partial charge in [-0.25, -0.2) is 0 Å². The van der Waals surface area contributed by atoms with E-state index in [4.69, 9.17) is 0 Å². The number of hydrogen-bond acceptors (Lipinski definition) is 2. The van der Waals surface area contributed by atoms with Crippen LogP contribution >= 0.6 is 0 Å². The zero-order valence-electron chi connectivity index (χ0n) is 48.3. The molecule has 0 bridgehead atoms. The third-order valence-electron chi connectivity index (χ3n) is 20.4. The Morgan fingerprint density at radius 3 is 0.838 bits per heavy atom. The molecule has 2 heteroatoms. The average molecular weight is 1040 g/mol. The van der Waals surface area contributed by atoms with Crippen LogP contribution in [0.5, 0.6) is 0 Å². The number of nitrogens with zero attached hydrogens (tertiary/aromatic N) is 2. The summed E-state index contributed by atoms with van der Waals surface area (Å²) in [6, 6.07) is 81.8. The summed E-state index contributed by atoms with van der Waals surface area (Å²) in [7, 11) is 0. The summed E-state index contributed by atoms with van der Waals surface area (Å²) in [5.41, 5.74) is 32.2. The predicted molar refractivity (Wildman–Crippen MR) is 337 cm³/mol. The fourth-order valence-electron chi connectivity index (χ4n) is 16.2. The molecular weight excluding hydrogens is 965 g/mol. The highest BCUT2D eigenvalue weighted by molar-refractivity contribution is 5.91. The van der Waals surface area contributed by atoms with E-state index < -0.39 is 0 Å². The monoisotopic (exact) mass is 1030 g/mol. The molecule has 0 N–H and O–H groups in total. The van der Waals surface area contributed by atoms with E-state index in [1.807, 2.05) is 0 Å². The lowest BCUT2D eigenvalue weighted by Gasteiger charge is -2.32. The lowest BCUT2D eigenvalue weighted by molar-refractivity contribution is 0.425. The number of benzene rings is 10. The van der Waals surface area contributed by atoms with E-state index in [9.17, 15) is 0 Å². The largest absolute Gasteiger partial charge is 0.310 e. The molecule has 5 aliphatic carbocycles. The molecule has 15 rings (SSSR count). The van der Waals surface area contributed by atoms with Gasteiger partial charge in [0.25, 0.3) is 0 Å². The van der Waals surface area contributed by atoms with Gasteiger partial charge >= 0.3 is 0 Å². The molecule has 1 unspecified atom stereocenters. The lowest BCUT2D eigenvalue weighted by atomic mass is 9.75. The molecule has 2 nitrogen and oxygen atoms in total. The topological polar surface area (TPSA) is 6.48 Å². The first-order chi connectivity index (χ1) is 38.3. The van der Waals surface area contributed by atoms with Gasteiger partial charge in [-0.15, -0.1) is 0 Å². The second-order valence-electron chi connectivity index (χ2n) is 26.9. The highest BCUT2D eigenvalue weighted by atomic mass is 15.1. The van der Waals surface area contributed by atoms with Crippen LogP contribution in [0.1, 0.15) is 144 Å². The van der Waals surface area contributed by atoms with Crippen molar-refractivity contribution in [2.24, 2.45) is 0 Å². The van der Waals surface area contributed by atoms with Crippen molar-refractivity contribution in [2.45, 2.75) is 115 Å². The minimum atomic E-state index is -0.217. The Balaban J connectivity index is 0.838. The highest BCUT2D eigenvalue weighted by Gasteiger charge is 2.47. The molecule has 0 amide bonds. The van der Waals surface area contributed by atoms with Crippen molar-refractivity contribution in [1.82, 2.24) is 0 Å². The van der Waals surface area contributed by atoms with Crippen LogP contribution in [0.15, 0.2) is 212 Å². The Morgan fingerprint density at radius 2 is 0.500 bits per heavy atom. The van der Waals surface area contributed by atoms with Crippen LogP contribution in [0, 0.1) is 0 Å². The van der Waals surface area contributed by atoms with Gasteiger partial charge in [0.2, 0.25) is 0 Å². The maximum Gasteiger partial charge on any atom is 0.0465 e. The van der Waals surface area contributed by atoms with Crippen LogP contribution < -0.4 is 9.80 Å². The van der Waals surface area contributed by atoms with Crippen LogP contribution in [0.25, 0.3) is 44.5 Å². The second-order valence-corrected chi connectivity index (χ2v) is 26.9. The summed E-state index contributed by atoms with van der Waals surface area (Å²) in [6.07, 6.45) is 0.999. The van der Waals surface area contributed by atoms with Crippen LogP contribution in [0.2, 0.25) is 0 Å². The van der Waals surface area contributed by atoms with E-state index in [0.29, 0.717) is 0 Å². The van der Waals surface area contributed by atoms with Gasteiger partial charge in [-0.05, 0) is 190 Å². The van der Waals surface area contributed by atoms with Crippen molar-refractivity contribution in [2.75, 3.05) is 9.80 Å². The van der Waals surface area contributed by atoms with Crippen molar-refractivity contribution in [3.63, 3.8) is 0 Å². The molecule has 80 heavy (non-hydrogen) atoms. The molecule has 5 aliphatic rings.